The van der Waals surface area contributed by atoms with Crippen molar-refractivity contribution in [2.24, 2.45) is 23.0 Å². The van der Waals surface area contributed by atoms with E-state index in [0.717, 1.165) is 57.2 Å². The Hall–Kier alpha value is -3.69. The standard InChI is InChI=1S/C48H79N7O6S/c1-11-15-16-18-24-55(46(58)43(33(7)12-2)50-30-37-20-17-19-23-54(37)10)40(32(5)6)27-41(61-14-4)45-53-39(31-62-45)44(57)51-36(28-48(8,9)47(59)60)26-34-21-22-38(35(13-3)25-34)52-42(56)29-49/h13,21-22,25,31-33,36-37,40-41,43,50H,3,11-12,14-20,23-24,26-30,49H2,1-2,4-10H3,(H,51,57)(H,52,56)(H,59,60)/t33-,36-,37?,40+,41+,43-/m0/s1. The zero-order valence-electron chi connectivity index (χ0n) is 39.3. The number of amides is 3. The molecule has 1 fully saturated rings. The first kappa shape index (κ1) is 52.7. The average molecular weight is 882 g/mol. The minimum atomic E-state index is -1.14. The van der Waals surface area contributed by atoms with Gasteiger partial charge in [0.1, 0.15) is 16.8 Å². The van der Waals surface area contributed by atoms with E-state index in [9.17, 15) is 24.3 Å². The first-order valence-corrected chi connectivity index (χ1v) is 24.0. The Morgan fingerprint density at radius 1 is 1.13 bits per heavy atom. The summed E-state index contributed by atoms with van der Waals surface area (Å²) >= 11 is 1.36. The summed E-state index contributed by atoms with van der Waals surface area (Å²) in [6, 6.07) is 4.86. The topological polar surface area (TPSA) is 179 Å². The van der Waals surface area contributed by atoms with Gasteiger partial charge in [0.05, 0.1) is 18.0 Å². The second kappa shape index (κ2) is 26.2. The second-order valence-corrected chi connectivity index (χ2v) is 19.1. The van der Waals surface area contributed by atoms with Crippen LogP contribution in [0, 0.1) is 17.3 Å². The van der Waals surface area contributed by atoms with Crippen molar-refractivity contribution in [1.82, 2.24) is 25.4 Å². The van der Waals surface area contributed by atoms with Crippen LogP contribution in [0.5, 0.6) is 0 Å². The van der Waals surface area contributed by atoms with Crippen molar-refractivity contribution in [3.05, 3.63) is 52.0 Å². The van der Waals surface area contributed by atoms with E-state index in [1.165, 1.54) is 24.2 Å². The number of carboxylic acid groups (broad SMARTS) is 1. The van der Waals surface area contributed by atoms with Gasteiger partial charge in [-0.15, -0.1) is 11.3 Å². The van der Waals surface area contributed by atoms with Gasteiger partial charge in [-0.3, -0.25) is 19.2 Å². The molecule has 0 spiro atoms. The van der Waals surface area contributed by atoms with Crippen molar-refractivity contribution in [3.63, 3.8) is 0 Å². The third-order valence-electron chi connectivity index (χ3n) is 12.5. The van der Waals surface area contributed by atoms with Gasteiger partial charge in [-0.1, -0.05) is 85.4 Å². The number of likely N-dealkylation sites (tertiary alicyclic amines) is 1. The maximum absolute atomic E-state index is 14.9. The number of rotatable bonds is 28. The molecular weight excluding hydrogens is 803 g/mol. The van der Waals surface area contributed by atoms with Crippen molar-refractivity contribution in [2.45, 2.75) is 156 Å². The molecule has 2 aromatic rings. The summed E-state index contributed by atoms with van der Waals surface area (Å²) in [5.41, 5.74) is 6.65. The van der Waals surface area contributed by atoms with Crippen LogP contribution in [-0.2, 0) is 25.5 Å². The number of unbranched alkanes of at least 4 members (excludes halogenated alkanes) is 3. The zero-order chi connectivity index (χ0) is 46.0. The highest BCUT2D eigenvalue weighted by atomic mass is 32.1. The molecule has 1 aromatic heterocycles. The Morgan fingerprint density at radius 2 is 1.87 bits per heavy atom. The van der Waals surface area contributed by atoms with E-state index in [1.54, 1.807) is 31.4 Å². The third kappa shape index (κ3) is 15.8. The van der Waals surface area contributed by atoms with Crippen molar-refractivity contribution in [2.75, 3.05) is 45.2 Å². The van der Waals surface area contributed by atoms with Gasteiger partial charge < -0.3 is 41.3 Å². The summed E-state index contributed by atoms with van der Waals surface area (Å²) in [6.07, 6.45) is 10.8. The van der Waals surface area contributed by atoms with Crippen LogP contribution in [0.15, 0.2) is 30.2 Å². The summed E-state index contributed by atoms with van der Waals surface area (Å²) in [6.45, 7) is 22.8. The Kier molecular flexibility index (Phi) is 22.2. The fraction of sp³-hybridized carbons (Fsp3) is 0.688. The number of nitrogens with zero attached hydrogens (tertiary/aromatic N) is 3. The van der Waals surface area contributed by atoms with Crippen LogP contribution >= 0.6 is 11.3 Å². The number of ether oxygens (including phenoxy) is 1. The van der Waals surface area contributed by atoms with Crippen LogP contribution < -0.4 is 21.7 Å². The lowest BCUT2D eigenvalue weighted by Gasteiger charge is -2.40. The number of aromatic nitrogens is 1. The fourth-order valence-corrected chi connectivity index (χ4v) is 9.22. The quantitative estimate of drug-likeness (QED) is 0.0528. The average Bonchev–Trinajstić information content (AvgIpc) is 3.74. The van der Waals surface area contributed by atoms with Crippen LogP contribution in [0.4, 0.5) is 5.69 Å². The van der Waals surface area contributed by atoms with E-state index in [1.807, 2.05) is 19.1 Å². The molecule has 1 unspecified atom stereocenters. The number of carbonyl (C=O) groups is 4. The van der Waals surface area contributed by atoms with E-state index < -0.39 is 29.4 Å². The number of likely N-dealkylation sites (N-methyl/N-ethyl adjacent to an activating group) is 1. The number of anilines is 1. The molecule has 13 nitrogen and oxygen atoms in total. The molecule has 14 heteroatoms. The van der Waals surface area contributed by atoms with Crippen LogP contribution in [-0.4, -0.2) is 108 Å². The van der Waals surface area contributed by atoms with Crippen LogP contribution in [0.1, 0.15) is 152 Å². The van der Waals surface area contributed by atoms with Crippen molar-refractivity contribution in [1.29, 1.82) is 0 Å². The lowest BCUT2D eigenvalue weighted by atomic mass is 9.83. The van der Waals surface area contributed by atoms with E-state index in [0.29, 0.717) is 48.3 Å². The maximum Gasteiger partial charge on any atom is 0.309 e. The van der Waals surface area contributed by atoms with Gasteiger partial charge in [0.15, 0.2) is 0 Å². The number of carboxylic acids is 1. The normalized spacial score (nSPS) is 17.2. The highest BCUT2D eigenvalue weighted by molar-refractivity contribution is 7.09. The molecule has 0 aliphatic carbocycles. The zero-order valence-corrected chi connectivity index (χ0v) is 40.1. The van der Waals surface area contributed by atoms with Crippen LogP contribution in [0.25, 0.3) is 6.08 Å². The molecule has 348 valence electrons. The molecule has 2 heterocycles. The molecule has 6 atom stereocenters. The van der Waals surface area contributed by atoms with E-state index >= 15 is 0 Å². The van der Waals surface area contributed by atoms with Crippen LogP contribution in [0.3, 0.4) is 0 Å². The second-order valence-electron chi connectivity index (χ2n) is 18.2. The van der Waals surface area contributed by atoms with E-state index in [-0.39, 0.29) is 54.4 Å². The Morgan fingerprint density at radius 3 is 2.48 bits per heavy atom. The number of hydrogen-bond acceptors (Lipinski definition) is 10. The smallest absolute Gasteiger partial charge is 0.309 e. The number of hydrogen-bond donors (Lipinski definition) is 5. The van der Waals surface area contributed by atoms with Gasteiger partial charge in [-0.25, -0.2) is 4.98 Å². The van der Waals surface area contributed by atoms with Gasteiger partial charge in [-0.2, -0.15) is 0 Å². The molecule has 0 bridgehead atoms. The van der Waals surface area contributed by atoms with Crippen molar-refractivity contribution in [3.8, 4) is 0 Å². The van der Waals surface area contributed by atoms with Gasteiger partial charge in [0.2, 0.25) is 11.8 Å². The Bertz CT molecular complexity index is 1730. The molecule has 0 radical (unpaired) electrons. The molecule has 3 amide bonds. The lowest BCUT2D eigenvalue weighted by molar-refractivity contribution is -0.147. The fourth-order valence-electron chi connectivity index (χ4n) is 8.36. The van der Waals surface area contributed by atoms with E-state index in [4.69, 9.17) is 15.5 Å². The molecular formula is C48H79N7O6S. The summed E-state index contributed by atoms with van der Waals surface area (Å²) < 4.78 is 6.41. The molecule has 3 rings (SSSR count). The molecule has 0 saturated carbocycles. The minimum absolute atomic E-state index is 0.129. The first-order valence-electron chi connectivity index (χ1n) is 23.1. The number of benzene rings is 1. The molecule has 62 heavy (non-hydrogen) atoms. The summed E-state index contributed by atoms with van der Waals surface area (Å²) in [7, 11) is 2.19. The van der Waals surface area contributed by atoms with Gasteiger partial charge in [0, 0.05) is 55.3 Å². The SMILES string of the molecule is C=Cc1cc(C[C@@H](CC(C)(C)C(=O)O)NC(=O)c2csc([C@@H](C[C@H](C(C)C)N(CCCCCC)C(=O)[C@@H](NCC3CCCCN3C)[C@@H](C)CC)OCC)n2)ccc1NC(=O)CN. The maximum atomic E-state index is 14.9. The van der Waals surface area contributed by atoms with Crippen molar-refractivity contribution < 1.29 is 29.0 Å². The third-order valence-corrected chi connectivity index (χ3v) is 13.4. The molecule has 1 aliphatic heterocycles. The first-order chi connectivity index (χ1) is 29.5. The van der Waals surface area contributed by atoms with Gasteiger partial charge in [-0.05, 0) is 102 Å². The van der Waals surface area contributed by atoms with Gasteiger partial charge >= 0.3 is 5.97 Å². The minimum Gasteiger partial charge on any atom is -0.481 e. The van der Waals surface area contributed by atoms with Crippen LogP contribution in [0.2, 0.25) is 0 Å². The summed E-state index contributed by atoms with van der Waals surface area (Å²) in [4.78, 5) is 62.6. The monoisotopic (exact) mass is 882 g/mol. The number of thiazole rings is 1. The molecule has 1 aliphatic rings. The number of carbonyl (C=O) groups excluding carboxylic acids is 3. The van der Waals surface area contributed by atoms with Crippen molar-refractivity contribution >= 4 is 46.8 Å². The molecule has 1 aromatic carbocycles. The number of piperidine rings is 1. The predicted molar refractivity (Wildman–Crippen MR) is 252 cm³/mol. The highest BCUT2D eigenvalue weighted by Crippen LogP contribution is 2.32. The molecule has 6 N–H and O–H groups in total. The number of aliphatic carboxylic acids is 1. The highest BCUT2D eigenvalue weighted by Gasteiger charge is 2.37. The number of nitrogens with one attached hydrogen (secondary N) is 3. The largest absolute Gasteiger partial charge is 0.481 e. The summed E-state index contributed by atoms with van der Waals surface area (Å²) in [5, 5.41) is 22.0. The molecule has 1 saturated heterocycles. The lowest BCUT2D eigenvalue weighted by Crippen LogP contribution is -2.56. The summed E-state index contributed by atoms with van der Waals surface area (Å²) in [5.74, 6) is -1.29. The Balaban J connectivity index is 1.91. The predicted octanol–water partition coefficient (Wildman–Crippen LogP) is 7.92. The van der Waals surface area contributed by atoms with Gasteiger partial charge in [0.25, 0.3) is 5.91 Å². The number of nitrogens with two attached hydrogens (primary N) is 1. The van der Waals surface area contributed by atoms with E-state index in [2.05, 4.69) is 74.0 Å². The Labute approximate surface area is 376 Å².